The Labute approximate surface area is 105 Å². The van der Waals surface area contributed by atoms with Gasteiger partial charge in [-0.15, -0.1) is 5.10 Å². The van der Waals surface area contributed by atoms with Crippen LogP contribution in [0.15, 0.2) is 0 Å². The lowest BCUT2D eigenvalue weighted by molar-refractivity contribution is 0.0517. The van der Waals surface area contributed by atoms with E-state index in [2.05, 4.69) is 10.3 Å². The predicted octanol–water partition coefficient (Wildman–Crippen LogP) is -0.000600. The smallest absolute Gasteiger partial charge is 0.360 e. The summed E-state index contributed by atoms with van der Waals surface area (Å²) in [6.07, 6.45) is 2.04. The van der Waals surface area contributed by atoms with Gasteiger partial charge in [0.1, 0.15) is 0 Å². The molecule has 0 radical (unpaired) electrons. The van der Waals surface area contributed by atoms with Crippen LogP contribution in [0.25, 0.3) is 0 Å². The zero-order valence-electron chi connectivity index (χ0n) is 10.4. The van der Waals surface area contributed by atoms with Crippen LogP contribution >= 0.6 is 0 Å². The molecule has 0 aromatic carbocycles. The maximum atomic E-state index is 11.7. The Morgan fingerprint density at radius 2 is 2.39 bits per heavy atom. The third kappa shape index (κ3) is 2.23. The Morgan fingerprint density at radius 1 is 1.61 bits per heavy atom. The monoisotopic (exact) mass is 254 g/mol. The molecule has 1 aliphatic rings. The summed E-state index contributed by atoms with van der Waals surface area (Å²) >= 11 is 0. The van der Waals surface area contributed by atoms with Gasteiger partial charge in [-0.25, -0.2) is 9.48 Å². The molecule has 3 N–H and O–H groups in total. The SMILES string of the molecule is CCOC(=O)c1nnn(C2CCCC2O)c1CN. The fourth-order valence-electron chi connectivity index (χ4n) is 2.33. The van der Waals surface area contributed by atoms with E-state index in [0.717, 1.165) is 19.3 Å². The molecule has 18 heavy (non-hydrogen) atoms. The standard InChI is InChI=1S/C11H18N4O3/c1-2-18-11(17)10-8(6-12)15(14-13-10)7-4-3-5-9(7)16/h7,9,16H,2-6,12H2,1H3. The highest BCUT2D eigenvalue weighted by molar-refractivity contribution is 5.88. The fourth-order valence-corrected chi connectivity index (χ4v) is 2.33. The van der Waals surface area contributed by atoms with Gasteiger partial charge in [0.05, 0.1) is 24.4 Å². The van der Waals surface area contributed by atoms with E-state index in [1.807, 2.05) is 0 Å². The van der Waals surface area contributed by atoms with Crippen molar-refractivity contribution in [2.75, 3.05) is 6.61 Å². The molecule has 2 unspecified atom stereocenters. The van der Waals surface area contributed by atoms with Crippen molar-refractivity contribution in [1.82, 2.24) is 15.0 Å². The molecule has 1 fully saturated rings. The van der Waals surface area contributed by atoms with Gasteiger partial charge in [0.2, 0.25) is 0 Å². The Balaban J connectivity index is 2.29. The molecule has 1 aromatic heterocycles. The Morgan fingerprint density at radius 3 is 2.94 bits per heavy atom. The lowest BCUT2D eigenvalue weighted by Crippen LogP contribution is -2.23. The third-order valence-corrected chi connectivity index (χ3v) is 3.21. The molecule has 1 saturated carbocycles. The maximum absolute atomic E-state index is 11.7. The lowest BCUT2D eigenvalue weighted by Gasteiger charge is -2.16. The number of rotatable bonds is 4. The highest BCUT2D eigenvalue weighted by atomic mass is 16.5. The second kappa shape index (κ2) is 5.45. The van der Waals surface area contributed by atoms with Crippen LogP contribution in [0.5, 0.6) is 0 Å². The van der Waals surface area contributed by atoms with Crippen LogP contribution in [-0.4, -0.2) is 38.8 Å². The van der Waals surface area contributed by atoms with Crippen molar-refractivity contribution in [2.24, 2.45) is 5.73 Å². The summed E-state index contributed by atoms with van der Waals surface area (Å²) in [4.78, 5) is 11.7. The molecule has 1 heterocycles. The van der Waals surface area contributed by atoms with Crippen LogP contribution < -0.4 is 5.73 Å². The summed E-state index contributed by atoms with van der Waals surface area (Å²) in [5.74, 6) is -0.517. The second-order valence-electron chi connectivity index (χ2n) is 4.32. The highest BCUT2D eigenvalue weighted by Gasteiger charge is 2.31. The summed E-state index contributed by atoms with van der Waals surface area (Å²) in [6, 6.07) is -0.140. The van der Waals surface area contributed by atoms with Gasteiger partial charge in [0, 0.05) is 6.54 Å². The summed E-state index contributed by atoms with van der Waals surface area (Å²) in [5, 5.41) is 17.6. The molecule has 100 valence electrons. The summed E-state index contributed by atoms with van der Waals surface area (Å²) < 4.78 is 6.47. The van der Waals surface area contributed by atoms with E-state index in [-0.39, 0.29) is 24.9 Å². The van der Waals surface area contributed by atoms with Crippen molar-refractivity contribution < 1.29 is 14.6 Å². The molecule has 7 nitrogen and oxygen atoms in total. The quantitative estimate of drug-likeness (QED) is 0.733. The third-order valence-electron chi connectivity index (χ3n) is 3.21. The van der Waals surface area contributed by atoms with E-state index in [4.69, 9.17) is 10.5 Å². The van der Waals surface area contributed by atoms with E-state index in [1.165, 1.54) is 0 Å². The molecule has 7 heteroatoms. The average Bonchev–Trinajstić information content (AvgIpc) is 2.94. The second-order valence-corrected chi connectivity index (χ2v) is 4.32. The van der Waals surface area contributed by atoms with Crippen molar-refractivity contribution in [3.05, 3.63) is 11.4 Å². The molecule has 2 rings (SSSR count). The number of esters is 1. The Bertz CT molecular complexity index is 432. The van der Waals surface area contributed by atoms with Gasteiger partial charge < -0.3 is 15.6 Å². The summed E-state index contributed by atoms with van der Waals surface area (Å²) in [7, 11) is 0. The number of aromatic nitrogens is 3. The minimum Gasteiger partial charge on any atom is -0.461 e. The summed E-state index contributed by atoms with van der Waals surface area (Å²) in [6.45, 7) is 2.15. The first-order chi connectivity index (χ1) is 8.69. The lowest BCUT2D eigenvalue weighted by atomic mass is 10.2. The van der Waals surface area contributed by atoms with Crippen molar-refractivity contribution >= 4 is 5.97 Å². The molecule has 2 atom stereocenters. The molecule has 1 aliphatic carbocycles. The van der Waals surface area contributed by atoms with Gasteiger partial charge >= 0.3 is 5.97 Å². The minimum atomic E-state index is -0.517. The summed E-state index contributed by atoms with van der Waals surface area (Å²) in [5.41, 5.74) is 6.33. The molecule has 0 amide bonds. The number of hydrogen-bond acceptors (Lipinski definition) is 6. The Hall–Kier alpha value is -1.47. The number of aliphatic hydroxyl groups excluding tert-OH is 1. The van der Waals surface area contributed by atoms with E-state index >= 15 is 0 Å². The van der Waals surface area contributed by atoms with Crippen molar-refractivity contribution in [2.45, 2.75) is 44.9 Å². The largest absolute Gasteiger partial charge is 0.461 e. The van der Waals surface area contributed by atoms with Crippen molar-refractivity contribution in [1.29, 1.82) is 0 Å². The zero-order valence-corrected chi connectivity index (χ0v) is 10.4. The van der Waals surface area contributed by atoms with E-state index in [9.17, 15) is 9.90 Å². The molecule has 0 bridgehead atoms. The molecular formula is C11H18N4O3. The molecule has 0 aliphatic heterocycles. The van der Waals surface area contributed by atoms with Gasteiger partial charge in [-0.3, -0.25) is 0 Å². The van der Waals surface area contributed by atoms with Gasteiger partial charge in [-0.2, -0.15) is 0 Å². The van der Waals surface area contributed by atoms with E-state index < -0.39 is 12.1 Å². The molecule has 0 saturated heterocycles. The van der Waals surface area contributed by atoms with Gasteiger partial charge in [-0.05, 0) is 26.2 Å². The fraction of sp³-hybridized carbons (Fsp3) is 0.727. The predicted molar refractivity (Wildman–Crippen MR) is 62.8 cm³/mol. The number of aliphatic hydroxyl groups is 1. The van der Waals surface area contributed by atoms with E-state index in [0.29, 0.717) is 5.69 Å². The number of ether oxygens (including phenoxy) is 1. The number of nitrogens with two attached hydrogens (primary N) is 1. The van der Waals surface area contributed by atoms with Crippen LogP contribution in [0.2, 0.25) is 0 Å². The Kier molecular flexibility index (Phi) is 3.93. The van der Waals surface area contributed by atoms with Crippen LogP contribution in [0, 0.1) is 0 Å². The highest BCUT2D eigenvalue weighted by Crippen LogP contribution is 2.30. The first-order valence-corrected chi connectivity index (χ1v) is 6.18. The molecular weight excluding hydrogens is 236 g/mol. The van der Waals surface area contributed by atoms with Crippen molar-refractivity contribution in [3.63, 3.8) is 0 Å². The van der Waals surface area contributed by atoms with Crippen LogP contribution in [-0.2, 0) is 11.3 Å². The topological polar surface area (TPSA) is 103 Å². The average molecular weight is 254 g/mol. The first-order valence-electron chi connectivity index (χ1n) is 6.18. The van der Waals surface area contributed by atoms with Gasteiger partial charge in [-0.1, -0.05) is 5.21 Å². The number of carbonyl (C=O) groups excluding carboxylic acids is 1. The maximum Gasteiger partial charge on any atom is 0.360 e. The first kappa shape index (κ1) is 13.0. The van der Waals surface area contributed by atoms with Gasteiger partial charge in [0.15, 0.2) is 5.69 Å². The van der Waals surface area contributed by atoms with Crippen LogP contribution in [0.4, 0.5) is 0 Å². The van der Waals surface area contributed by atoms with Gasteiger partial charge in [0.25, 0.3) is 0 Å². The van der Waals surface area contributed by atoms with Crippen molar-refractivity contribution in [3.8, 4) is 0 Å². The molecule has 0 spiro atoms. The minimum absolute atomic E-state index is 0.140. The number of carbonyl (C=O) groups is 1. The van der Waals surface area contributed by atoms with Crippen LogP contribution in [0.3, 0.4) is 0 Å². The normalized spacial score (nSPS) is 23.3. The van der Waals surface area contributed by atoms with E-state index in [1.54, 1.807) is 11.6 Å². The van der Waals surface area contributed by atoms with Crippen LogP contribution in [0.1, 0.15) is 48.4 Å². The molecule has 1 aromatic rings. The zero-order chi connectivity index (χ0) is 13.1. The number of nitrogens with zero attached hydrogens (tertiary/aromatic N) is 3. The number of hydrogen-bond donors (Lipinski definition) is 2.